The number of alkyl halides is 1. The molecular formula is C10H9ClN2O3. The van der Waals surface area contributed by atoms with Crippen LogP contribution >= 0.6 is 11.6 Å². The lowest BCUT2D eigenvalue weighted by atomic mass is 10.2. The lowest BCUT2D eigenvalue weighted by Crippen LogP contribution is -2.21. The number of hydrogen-bond donors (Lipinski definition) is 2. The van der Waals surface area contributed by atoms with Crippen molar-refractivity contribution < 1.29 is 10.2 Å². The number of aromatic nitrogens is 2. The topological polar surface area (TPSA) is 75.3 Å². The molecule has 0 bridgehead atoms. The summed E-state index contributed by atoms with van der Waals surface area (Å²) in [6, 6.07) is 2.45. The van der Waals surface area contributed by atoms with Gasteiger partial charge in [-0.1, -0.05) is 0 Å². The summed E-state index contributed by atoms with van der Waals surface area (Å²) in [7, 11) is 0. The van der Waals surface area contributed by atoms with Gasteiger partial charge >= 0.3 is 0 Å². The van der Waals surface area contributed by atoms with Gasteiger partial charge in [0.2, 0.25) is 0 Å². The van der Waals surface area contributed by atoms with Crippen molar-refractivity contribution in [3.05, 3.63) is 28.8 Å². The molecule has 1 aromatic carbocycles. The molecule has 0 saturated heterocycles. The van der Waals surface area contributed by atoms with E-state index in [4.69, 9.17) is 11.6 Å². The molecule has 2 N–H and O–H groups in total. The van der Waals surface area contributed by atoms with Crippen LogP contribution in [0, 0.1) is 0 Å². The van der Waals surface area contributed by atoms with Crippen molar-refractivity contribution in [3.63, 3.8) is 0 Å². The van der Waals surface area contributed by atoms with Crippen LogP contribution in [0.15, 0.2) is 23.3 Å². The molecule has 0 aliphatic carbocycles. The molecule has 0 aliphatic rings. The molecule has 16 heavy (non-hydrogen) atoms. The van der Waals surface area contributed by atoms with Crippen LogP contribution in [0.5, 0.6) is 11.5 Å². The molecule has 0 spiro atoms. The van der Waals surface area contributed by atoms with E-state index < -0.39 is 0 Å². The molecule has 1 aromatic heterocycles. The van der Waals surface area contributed by atoms with Crippen molar-refractivity contribution in [1.29, 1.82) is 0 Å². The number of aryl methyl sites for hydroxylation is 1. The largest absolute Gasteiger partial charge is 0.504 e. The Morgan fingerprint density at radius 3 is 2.69 bits per heavy atom. The van der Waals surface area contributed by atoms with Crippen molar-refractivity contribution in [2.24, 2.45) is 0 Å². The van der Waals surface area contributed by atoms with Crippen molar-refractivity contribution in [3.8, 4) is 11.5 Å². The SMILES string of the molecule is O=c1c2cc(O)c(O)cc2ncn1CCCl. The van der Waals surface area contributed by atoms with Crippen LogP contribution in [0.2, 0.25) is 0 Å². The minimum absolute atomic E-state index is 0.253. The van der Waals surface area contributed by atoms with E-state index in [0.29, 0.717) is 17.9 Å². The highest BCUT2D eigenvalue weighted by Crippen LogP contribution is 2.27. The maximum atomic E-state index is 11.9. The fourth-order valence-corrected chi connectivity index (χ4v) is 1.62. The maximum absolute atomic E-state index is 11.9. The third kappa shape index (κ3) is 1.69. The van der Waals surface area contributed by atoms with Gasteiger partial charge in [-0.05, 0) is 6.07 Å². The van der Waals surface area contributed by atoms with E-state index in [2.05, 4.69) is 4.98 Å². The van der Waals surface area contributed by atoms with E-state index >= 15 is 0 Å². The van der Waals surface area contributed by atoms with Crippen molar-refractivity contribution in [2.75, 3.05) is 5.88 Å². The van der Waals surface area contributed by atoms with E-state index in [1.54, 1.807) is 0 Å². The summed E-state index contributed by atoms with van der Waals surface area (Å²) in [4.78, 5) is 15.8. The monoisotopic (exact) mass is 240 g/mol. The molecule has 0 fully saturated rings. The third-order valence-corrected chi connectivity index (χ3v) is 2.41. The molecule has 2 aromatic rings. The van der Waals surface area contributed by atoms with Gasteiger partial charge in [0.15, 0.2) is 11.5 Å². The minimum Gasteiger partial charge on any atom is -0.504 e. The fraction of sp³-hybridized carbons (Fsp3) is 0.200. The number of aromatic hydroxyl groups is 2. The van der Waals surface area contributed by atoms with E-state index in [9.17, 15) is 15.0 Å². The van der Waals surface area contributed by atoms with Crippen LogP contribution in [0.25, 0.3) is 10.9 Å². The summed E-state index contributed by atoms with van der Waals surface area (Å²) < 4.78 is 1.35. The van der Waals surface area contributed by atoms with Crippen LogP contribution in [-0.2, 0) is 6.54 Å². The first-order chi connectivity index (χ1) is 7.63. The first kappa shape index (κ1) is 10.8. The average molecular weight is 241 g/mol. The highest BCUT2D eigenvalue weighted by Gasteiger charge is 2.08. The molecular weight excluding hydrogens is 232 g/mol. The van der Waals surface area contributed by atoms with Crippen LogP contribution < -0.4 is 5.56 Å². The van der Waals surface area contributed by atoms with E-state index in [-0.39, 0.29) is 22.4 Å². The average Bonchev–Trinajstić information content (AvgIpc) is 2.26. The molecule has 0 aliphatic heterocycles. The fourth-order valence-electron chi connectivity index (χ4n) is 1.43. The van der Waals surface area contributed by atoms with Crippen molar-refractivity contribution in [1.82, 2.24) is 9.55 Å². The number of hydrogen-bond acceptors (Lipinski definition) is 4. The van der Waals surface area contributed by atoms with E-state index in [1.807, 2.05) is 0 Å². The molecule has 84 valence electrons. The minimum atomic E-state index is -0.338. The number of rotatable bonds is 2. The Hall–Kier alpha value is -1.75. The van der Waals surface area contributed by atoms with Gasteiger partial charge in [-0.2, -0.15) is 0 Å². The molecule has 0 radical (unpaired) electrons. The molecule has 6 heteroatoms. The number of benzene rings is 1. The van der Waals surface area contributed by atoms with Gasteiger partial charge in [0.1, 0.15) is 0 Å². The third-order valence-electron chi connectivity index (χ3n) is 2.25. The van der Waals surface area contributed by atoms with Crippen molar-refractivity contribution in [2.45, 2.75) is 6.54 Å². The van der Waals surface area contributed by atoms with Gasteiger partial charge in [-0.3, -0.25) is 9.36 Å². The van der Waals surface area contributed by atoms with Gasteiger partial charge < -0.3 is 10.2 Å². The number of halogens is 1. The second kappa shape index (κ2) is 4.02. The predicted molar refractivity (Wildman–Crippen MR) is 60.1 cm³/mol. The van der Waals surface area contributed by atoms with E-state index in [0.717, 1.165) is 0 Å². The Kier molecular flexibility index (Phi) is 2.70. The molecule has 0 atom stereocenters. The maximum Gasteiger partial charge on any atom is 0.261 e. The number of fused-ring (bicyclic) bond motifs is 1. The Labute approximate surface area is 95.5 Å². The van der Waals surface area contributed by atoms with Gasteiger partial charge in [0.05, 0.1) is 17.2 Å². The lowest BCUT2D eigenvalue weighted by Gasteiger charge is -2.05. The Balaban J connectivity index is 2.74. The molecule has 0 saturated carbocycles. The second-order valence-electron chi connectivity index (χ2n) is 3.29. The summed E-state index contributed by atoms with van der Waals surface area (Å²) in [6.45, 7) is 0.352. The van der Waals surface area contributed by atoms with E-state index in [1.165, 1.54) is 23.0 Å². The van der Waals surface area contributed by atoms with Gasteiger partial charge in [0, 0.05) is 18.5 Å². The Morgan fingerprint density at radius 2 is 2.00 bits per heavy atom. The molecule has 1 heterocycles. The zero-order chi connectivity index (χ0) is 11.7. The zero-order valence-electron chi connectivity index (χ0n) is 8.22. The first-order valence-corrected chi connectivity index (χ1v) is 5.14. The highest BCUT2D eigenvalue weighted by atomic mass is 35.5. The number of phenolic OH excluding ortho intramolecular Hbond substituents is 2. The normalized spacial score (nSPS) is 10.8. The highest BCUT2D eigenvalue weighted by molar-refractivity contribution is 6.17. The van der Waals surface area contributed by atoms with Gasteiger partial charge in [-0.15, -0.1) is 11.6 Å². The van der Waals surface area contributed by atoms with Crippen molar-refractivity contribution >= 4 is 22.5 Å². The second-order valence-corrected chi connectivity index (χ2v) is 3.67. The standard InChI is InChI=1S/C10H9ClN2O3/c11-1-2-13-5-12-7-4-9(15)8(14)3-6(7)10(13)16/h3-5,14-15H,1-2H2. The summed E-state index contributed by atoms with van der Waals surface area (Å²) in [5.41, 5.74) is 0.0482. The first-order valence-electron chi connectivity index (χ1n) is 4.60. The van der Waals surface area contributed by atoms with Crippen LogP contribution in [0.3, 0.4) is 0 Å². The smallest absolute Gasteiger partial charge is 0.261 e. The van der Waals surface area contributed by atoms with Crippen LogP contribution in [0.4, 0.5) is 0 Å². The molecule has 0 unspecified atom stereocenters. The quantitative estimate of drug-likeness (QED) is 0.608. The molecule has 2 rings (SSSR count). The van der Waals surface area contributed by atoms with Gasteiger partial charge in [-0.25, -0.2) is 4.98 Å². The van der Waals surface area contributed by atoms with Crippen LogP contribution in [0.1, 0.15) is 0 Å². The summed E-state index contributed by atoms with van der Waals surface area (Å²) in [5.74, 6) is -0.332. The Bertz CT molecular complexity index is 594. The lowest BCUT2D eigenvalue weighted by molar-refractivity contribution is 0.404. The summed E-state index contributed by atoms with van der Waals surface area (Å²) >= 11 is 5.54. The van der Waals surface area contributed by atoms with Gasteiger partial charge in [0.25, 0.3) is 5.56 Å². The number of phenols is 2. The van der Waals surface area contributed by atoms with Crippen LogP contribution in [-0.4, -0.2) is 25.6 Å². The summed E-state index contributed by atoms with van der Waals surface area (Å²) in [6.07, 6.45) is 1.36. The number of nitrogens with zero attached hydrogens (tertiary/aromatic N) is 2. The molecule has 5 nitrogen and oxygen atoms in total. The predicted octanol–water partition coefficient (Wildman–Crippen LogP) is 1.05. The zero-order valence-corrected chi connectivity index (χ0v) is 8.98. The summed E-state index contributed by atoms with van der Waals surface area (Å²) in [5, 5.41) is 18.8. The Morgan fingerprint density at radius 1 is 1.31 bits per heavy atom. The molecule has 0 amide bonds.